The molecule has 3 unspecified atom stereocenters. The van der Waals surface area contributed by atoms with Crippen molar-refractivity contribution >= 4 is 5.91 Å². The van der Waals surface area contributed by atoms with E-state index in [2.05, 4.69) is 20.8 Å². The number of carbonyl (C=O) groups is 1. The molecule has 3 atom stereocenters. The maximum absolute atomic E-state index is 12.3. The van der Waals surface area contributed by atoms with Crippen LogP contribution in [0.25, 0.3) is 0 Å². The van der Waals surface area contributed by atoms with E-state index in [0.29, 0.717) is 18.4 Å². The van der Waals surface area contributed by atoms with E-state index in [1.807, 2.05) is 11.5 Å². The minimum absolute atomic E-state index is 0.00880. The van der Waals surface area contributed by atoms with Crippen molar-refractivity contribution in [3.8, 4) is 0 Å². The Hall–Kier alpha value is -1.43. The highest BCUT2D eigenvalue weighted by molar-refractivity contribution is 5.82. The fourth-order valence-electron chi connectivity index (χ4n) is 3.43. The number of fused-ring (bicyclic) bond motifs is 1. The molecule has 3 rings (SSSR count). The molecular formula is C13H21N5O. The number of amides is 1. The molecule has 1 amide bonds. The zero-order valence-electron chi connectivity index (χ0n) is 11.3. The summed E-state index contributed by atoms with van der Waals surface area (Å²) in [4.78, 5) is 12.3. The number of hydrogen-bond acceptors (Lipinski definition) is 4. The van der Waals surface area contributed by atoms with Crippen molar-refractivity contribution in [2.45, 2.75) is 45.3 Å². The fraction of sp³-hybridized carbons (Fsp3) is 0.769. The Morgan fingerprint density at radius 3 is 3.32 bits per heavy atom. The summed E-state index contributed by atoms with van der Waals surface area (Å²) < 4.78 is 1.95. The van der Waals surface area contributed by atoms with Gasteiger partial charge in [-0.1, -0.05) is 6.42 Å². The van der Waals surface area contributed by atoms with E-state index < -0.39 is 0 Å². The monoisotopic (exact) mass is 263 g/mol. The SMILES string of the molecule is CCn1cnnc1CNC(=O)C1NCC2CCCC21. The van der Waals surface area contributed by atoms with E-state index >= 15 is 0 Å². The summed E-state index contributed by atoms with van der Waals surface area (Å²) in [5.74, 6) is 2.16. The van der Waals surface area contributed by atoms with Gasteiger partial charge in [-0.3, -0.25) is 4.79 Å². The van der Waals surface area contributed by atoms with Crippen LogP contribution >= 0.6 is 0 Å². The predicted molar refractivity (Wildman–Crippen MR) is 70.2 cm³/mol. The molecule has 104 valence electrons. The van der Waals surface area contributed by atoms with E-state index in [1.54, 1.807) is 6.33 Å². The third kappa shape index (κ3) is 2.36. The summed E-state index contributed by atoms with van der Waals surface area (Å²) in [6.07, 6.45) is 5.42. The maximum Gasteiger partial charge on any atom is 0.237 e. The lowest BCUT2D eigenvalue weighted by atomic mass is 9.94. The van der Waals surface area contributed by atoms with Gasteiger partial charge in [0.1, 0.15) is 6.33 Å². The van der Waals surface area contributed by atoms with Crippen molar-refractivity contribution in [3.05, 3.63) is 12.2 Å². The molecular weight excluding hydrogens is 242 g/mol. The van der Waals surface area contributed by atoms with Crippen LogP contribution in [0, 0.1) is 11.8 Å². The Bertz CT molecular complexity index is 458. The van der Waals surface area contributed by atoms with Gasteiger partial charge in [0.25, 0.3) is 0 Å². The molecule has 1 aliphatic carbocycles. The van der Waals surface area contributed by atoms with Gasteiger partial charge < -0.3 is 15.2 Å². The summed E-state index contributed by atoms with van der Waals surface area (Å²) >= 11 is 0. The van der Waals surface area contributed by atoms with Gasteiger partial charge in [-0.25, -0.2) is 0 Å². The van der Waals surface area contributed by atoms with Crippen LogP contribution in [0.5, 0.6) is 0 Å². The second-order valence-electron chi connectivity index (χ2n) is 5.49. The van der Waals surface area contributed by atoms with Crippen molar-refractivity contribution in [1.82, 2.24) is 25.4 Å². The molecule has 2 N–H and O–H groups in total. The van der Waals surface area contributed by atoms with Gasteiger partial charge in [-0.15, -0.1) is 10.2 Å². The number of hydrogen-bond donors (Lipinski definition) is 2. The number of carbonyl (C=O) groups excluding carboxylic acids is 1. The molecule has 1 aliphatic heterocycles. The molecule has 2 fully saturated rings. The Morgan fingerprint density at radius 2 is 2.47 bits per heavy atom. The number of aromatic nitrogens is 3. The normalized spacial score (nSPS) is 29.4. The third-order valence-electron chi connectivity index (χ3n) is 4.49. The van der Waals surface area contributed by atoms with E-state index in [0.717, 1.165) is 18.9 Å². The van der Waals surface area contributed by atoms with Crippen LogP contribution in [0.2, 0.25) is 0 Å². The first kappa shape index (κ1) is 12.6. The highest BCUT2D eigenvalue weighted by Crippen LogP contribution is 2.37. The van der Waals surface area contributed by atoms with Gasteiger partial charge in [0.05, 0.1) is 12.6 Å². The van der Waals surface area contributed by atoms with Crippen LogP contribution in [0.3, 0.4) is 0 Å². The van der Waals surface area contributed by atoms with Crippen LogP contribution in [0.4, 0.5) is 0 Å². The first-order valence-electron chi connectivity index (χ1n) is 7.17. The van der Waals surface area contributed by atoms with Crippen molar-refractivity contribution in [2.24, 2.45) is 11.8 Å². The van der Waals surface area contributed by atoms with Crippen LogP contribution in [-0.4, -0.2) is 33.3 Å². The molecule has 0 aromatic carbocycles. The van der Waals surface area contributed by atoms with Crippen LogP contribution in [-0.2, 0) is 17.9 Å². The molecule has 0 bridgehead atoms. The summed E-state index contributed by atoms with van der Waals surface area (Å²) in [5, 5.41) is 14.2. The largest absolute Gasteiger partial charge is 0.347 e. The summed E-state index contributed by atoms with van der Waals surface area (Å²) in [7, 11) is 0. The van der Waals surface area contributed by atoms with Gasteiger partial charge in [0.15, 0.2) is 5.82 Å². The molecule has 1 saturated heterocycles. The Balaban J connectivity index is 1.57. The number of nitrogens with one attached hydrogen (secondary N) is 2. The second kappa shape index (κ2) is 5.28. The summed E-state index contributed by atoms with van der Waals surface area (Å²) in [6.45, 7) is 4.32. The second-order valence-corrected chi connectivity index (χ2v) is 5.49. The van der Waals surface area contributed by atoms with Crippen molar-refractivity contribution in [2.75, 3.05) is 6.54 Å². The van der Waals surface area contributed by atoms with Crippen LogP contribution in [0.1, 0.15) is 32.0 Å². The van der Waals surface area contributed by atoms with Crippen LogP contribution < -0.4 is 10.6 Å². The topological polar surface area (TPSA) is 71.8 Å². The molecule has 0 spiro atoms. The molecule has 6 heteroatoms. The smallest absolute Gasteiger partial charge is 0.237 e. The van der Waals surface area contributed by atoms with E-state index in [4.69, 9.17) is 0 Å². The van der Waals surface area contributed by atoms with Crippen LogP contribution in [0.15, 0.2) is 6.33 Å². The average molecular weight is 263 g/mol. The predicted octanol–water partition coefficient (Wildman–Crippen LogP) is 0.302. The minimum atomic E-state index is -0.00880. The molecule has 1 saturated carbocycles. The lowest BCUT2D eigenvalue weighted by Crippen LogP contribution is -2.43. The zero-order valence-corrected chi connectivity index (χ0v) is 11.3. The average Bonchev–Trinajstić information content (AvgIpc) is 3.11. The molecule has 1 aromatic heterocycles. The maximum atomic E-state index is 12.3. The van der Waals surface area contributed by atoms with Gasteiger partial charge >= 0.3 is 0 Å². The highest BCUT2D eigenvalue weighted by atomic mass is 16.2. The first-order chi connectivity index (χ1) is 9.29. The van der Waals surface area contributed by atoms with Crippen molar-refractivity contribution < 1.29 is 4.79 Å². The van der Waals surface area contributed by atoms with Gasteiger partial charge in [0, 0.05) is 6.54 Å². The number of aryl methyl sites for hydroxylation is 1. The molecule has 2 aliphatic rings. The number of rotatable bonds is 4. The first-order valence-corrected chi connectivity index (χ1v) is 7.17. The molecule has 6 nitrogen and oxygen atoms in total. The minimum Gasteiger partial charge on any atom is -0.347 e. The Labute approximate surface area is 113 Å². The van der Waals surface area contributed by atoms with E-state index in [9.17, 15) is 4.79 Å². The van der Waals surface area contributed by atoms with Gasteiger partial charge in [-0.2, -0.15) is 0 Å². The van der Waals surface area contributed by atoms with E-state index in [1.165, 1.54) is 19.3 Å². The van der Waals surface area contributed by atoms with E-state index in [-0.39, 0.29) is 11.9 Å². The third-order valence-corrected chi connectivity index (χ3v) is 4.49. The fourth-order valence-corrected chi connectivity index (χ4v) is 3.43. The Morgan fingerprint density at radius 1 is 1.58 bits per heavy atom. The molecule has 0 radical (unpaired) electrons. The summed E-state index contributed by atoms with van der Waals surface area (Å²) in [5.41, 5.74) is 0. The molecule has 19 heavy (non-hydrogen) atoms. The highest BCUT2D eigenvalue weighted by Gasteiger charge is 2.42. The van der Waals surface area contributed by atoms with Gasteiger partial charge in [-0.05, 0) is 38.1 Å². The van der Waals surface area contributed by atoms with Crippen molar-refractivity contribution in [1.29, 1.82) is 0 Å². The molecule has 2 heterocycles. The van der Waals surface area contributed by atoms with Crippen molar-refractivity contribution in [3.63, 3.8) is 0 Å². The molecule has 1 aromatic rings. The quantitative estimate of drug-likeness (QED) is 0.819. The lowest BCUT2D eigenvalue weighted by Gasteiger charge is -2.17. The standard InChI is InChI=1S/C13H21N5O/c1-2-18-8-16-17-11(18)7-15-13(19)12-10-5-3-4-9(10)6-14-12/h8-10,12,14H,2-7H2,1H3,(H,15,19). The van der Waals surface area contributed by atoms with Gasteiger partial charge in [0.2, 0.25) is 5.91 Å². The number of nitrogens with zero attached hydrogens (tertiary/aromatic N) is 3. The summed E-state index contributed by atoms with van der Waals surface area (Å²) in [6, 6.07) is -0.00880. The zero-order chi connectivity index (χ0) is 13.2. The Kier molecular flexibility index (Phi) is 3.50. The lowest BCUT2D eigenvalue weighted by molar-refractivity contribution is -0.124.